The average Bonchev–Trinajstić information content (AvgIpc) is 2.64. The number of rotatable bonds is 0. The molecule has 2 aromatic rings. The van der Waals surface area contributed by atoms with Crippen molar-refractivity contribution in [3.63, 3.8) is 0 Å². The molecule has 0 aliphatic heterocycles. The number of fused-ring (bicyclic) bond motifs is 3. The van der Waals surface area contributed by atoms with Crippen LogP contribution in [0.5, 0.6) is 5.75 Å². The molecular formula is C11H10O2. The Morgan fingerprint density at radius 3 is 3.08 bits per heavy atom. The molecule has 3 rings (SSSR count). The molecule has 1 aliphatic carbocycles. The summed E-state index contributed by atoms with van der Waals surface area (Å²) in [5, 5.41) is 10.4. The number of aromatic hydroxyl groups is 1. The summed E-state index contributed by atoms with van der Waals surface area (Å²) in [6.45, 7) is 0. The third kappa shape index (κ3) is 0.886. The minimum atomic E-state index is 0.322. The van der Waals surface area contributed by atoms with E-state index in [1.807, 2.05) is 6.07 Å². The van der Waals surface area contributed by atoms with Crippen LogP contribution in [0.3, 0.4) is 0 Å². The van der Waals surface area contributed by atoms with Crippen molar-refractivity contribution >= 4 is 11.0 Å². The number of furan rings is 1. The van der Waals surface area contributed by atoms with Gasteiger partial charge in [-0.15, -0.1) is 0 Å². The molecule has 0 saturated carbocycles. The first-order valence-corrected chi connectivity index (χ1v) is 4.58. The van der Waals surface area contributed by atoms with Crippen molar-refractivity contribution in [3.8, 4) is 5.75 Å². The van der Waals surface area contributed by atoms with Gasteiger partial charge in [0.15, 0.2) is 0 Å². The molecular weight excluding hydrogens is 164 g/mol. The summed E-state index contributed by atoms with van der Waals surface area (Å²) in [4.78, 5) is 0. The zero-order valence-corrected chi connectivity index (χ0v) is 7.21. The Hall–Kier alpha value is -1.44. The monoisotopic (exact) mass is 174 g/mol. The van der Waals surface area contributed by atoms with Crippen molar-refractivity contribution in [2.45, 2.75) is 19.3 Å². The van der Waals surface area contributed by atoms with Gasteiger partial charge in [-0.3, -0.25) is 0 Å². The van der Waals surface area contributed by atoms with Gasteiger partial charge in [-0.2, -0.15) is 0 Å². The van der Waals surface area contributed by atoms with Crippen molar-refractivity contribution < 1.29 is 9.52 Å². The Kier molecular flexibility index (Phi) is 1.23. The van der Waals surface area contributed by atoms with E-state index in [1.54, 1.807) is 12.1 Å². The van der Waals surface area contributed by atoms with Crippen LogP contribution < -0.4 is 0 Å². The molecule has 1 aromatic heterocycles. The highest BCUT2D eigenvalue weighted by Gasteiger charge is 2.18. The van der Waals surface area contributed by atoms with E-state index in [9.17, 15) is 5.11 Å². The highest BCUT2D eigenvalue weighted by molar-refractivity contribution is 5.84. The first-order chi connectivity index (χ1) is 6.34. The summed E-state index contributed by atoms with van der Waals surface area (Å²) >= 11 is 0. The first-order valence-electron chi connectivity index (χ1n) is 4.58. The van der Waals surface area contributed by atoms with Gasteiger partial charge >= 0.3 is 0 Å². The van der Waals surface area contributed by atoms with Crippen molar-refractivity contribution in [2.24, 2.45) is 0 Å². The summed E-state index contributed by atoms with van der Waals surface area (Å²) < 4.78 is 5.65. The van der Waals surface area contributed by atoms with Crippen molar-refractivity contribution in [2.75, 3.05) is 0 Å². The lowest BCUT2D eigenvalue weighted by Crippen LogP contribution is -1.74. The van der Waals surface area contributed by atoms with Crippen molar-refractivity contribution in [1.82, 2.24) is 0 Å². The zero-order chi connectivity index (χ0) is 8.84. The Balaban J connectivity index is 2.40. The van der Waals surface area contributed by atoms with Crippen LogP contribution in [0.2, 0.25) is 0 Å². The third-order valence-electron chi connectivity index (χ3n) is 2.69. The minimum Gasteiger partial charge on any atom is -0.508 e. The molecule has 1 aliphatic rings. The number of phenols is 1. The highest BCUT2D eigenvalue weighted by atomic mass is 16.3. The van der Waals surface area contributed by atoms with E-state index in [4.69, 9.17) is 4.42 Å². The Labute approximate surface area is 75.8 Å². The molecule has 0 saturated heterocycles. The number of phenolic OH excluding ortho intramolecular Hbond substituents is 1. The molecule has 1 aromatic carbocycles. The molecule has 66 valence electrons. The van der Waals surface area contributed by atoms with Gasteiger partial charge in [0, 0.05) is 17.4 Å². The molecule has 0 amide bonds. The Morgan fingerprint density at radius 1 is 1.23 bits per heavy atom. The lowest BCUT2D eigenvalue weighted by molar-refractivity contribution is 0.475. The minimum absolute atomic E-state index is 0.322. The standard InChI is InChI=1S/C11H10O2/c12-7-4-5-11-9(6-7)8-2-1-3-10(8)13-11/h4-6,12H,1-3H2. The molecule has 0 atom stereocenters. The normalized spacial score (nSPS) is 15.1. The van der Waals surface area contributed by atoms with Crippen LogP contribution in [0, 0.1) is 0 Å². The van der Waals surface area contributed by atoms with E-state index in [0.29, 0.717) is 5.75 Å². The van der Waals surface area contributed by atoms with E-state index in [2.05, 4.69) is 0 Å². The second-order valence-corrected chi connectivity index (χ2v) is 3.54. The van der Waals surface area contributed by atoms with Gasteiger partial charge in [-0.25, -0.2) is 0 Å². The van der Waals surface area contributed by atoms with Gasteiger partial charge in [0.1, 0.15) is 17.1 Å². The smallest absolute Gasteiger partial charge is 0.134 e. The van der Waals surface area contributed by atoms with E-state index < -0.39 is 0 Å². The second-order valence-electron chi connectivity index (χ2n) is 3.54. The Morgan fingerprint density at radius 2 is 2.15 bits per heavy atom. The van der Waals surface area contributed by atoms with Gasteiger partial charge < -0.3 is 9.52 Å². The third-order valence-corrected chi connectivity index (χ3v) is 2.69. The van der Waals surface area contributed by atoms with Gasteiger partial charge in [0.05, 0.1) is 0 Å². The van der Waals surface area contributed by atoms with Crippen molar-refractivity contribution in [3.05, 3.63) is 29.5 Å². The van der Waals surface area contributed by atoms with E-state index in [0.717, 1.165) is 29.6 Å². The average molecular weight is 174 g/mol. The first kappa shape index (κ1) is 7.01. The molecule has 0 radical (unpaired) electrons. The summed E-state index contributed by atoms with van der Waals surface area (Å²) in [6.07, 6.45) is 3.32. The van der Waals surface area contributed by atoms with Crippen molar-refractivity contribution in [1.29, 1.82) is 0 Å². The molecule has 1 N–H and O–H groups in total. The molecule has 13 heavy (non-hydrogen) atoms. The number of aryl methyl sites for hydroxylation is 2. The number of hydrogen-bond donors (Lipinski definition) is 1. The fourth-order valence-corrected chi connectivity index (χ4v) is 2.09. The number of hydrogen-bond acceptors (Lipinski definition) is 2. The maximum absolute atomic E-state index is 9.34. The molecule has 0 spiro atoms. The van der Waals surface area contributed by atoms with Crippen LogP contribution in [0.15, 0.2) is 22.6 Å². The summed E-state index contributed by atoms with van der Waals surface area (Å²) in [7, 11) is 0. The van der Waals surface area contributed by atoms with Gasteiger partial charge in [0.25, 0.3) is 0 Å². The SMILES string of the molecule is Oc1ccc2oc3c(c2c1)CCC3. The molecule has 0 unspecified atom stereocenters. The summed E-state index contributed by atoms with van der Waals surface area (Å²) in [5.41, 5.74) is 2.20. The summed E-state index contributed by atoms with van der Waals surface area (Å²) in [5.74, 6) is 1.43. The van der Waals surface area contributed by atoms with Crippen LogP contribution in [0.4, 0.5) is 0 Å². The zero-order valence-electron chi connectivity index (χ0n) is 7.21. The van der Waals surface area contributed by atoms with Gasteiger partial charge in [-0.1, -0.05) is 0 Å². The van der Waals surface area contributed by atoms with Crippen LogP contribution in [0.25, 0.3) is 11.0 Å². The largest absolute Gasteiger partial charge is 0.508 e. The van der Waals surface area contributed by atoms with Crippen LogP contribution in [-0.4, -0.2) is 5.11 Å². The summed E-state index contributed by atoms with van der Waals surface area (Å²) in [6, 6.07) is 5.30. The maximum atomic E-state index is 9.34. The fraction of sp³-hybridized carbons (Fsp3) is 0.273. The van der Waals surface area contributed by atoms with E-state index in [1.165, 1.54) is 12.0 Å². The van der Waals surface area contributed by atoms with E-state index >= 15 is 0 Å². The molecule has 0 fully saturated rings. The predicted octanol–water partition coefficient (Wildman–Crippen LogP) is 2.63. The van der Waals surface area contributed by atoms with Gasteiger partial charge in [-0.05, 0) is 31.0 Å². The highest BCUT2D eigenvalue weighted by Crippen LogP contribution is 2.34. The quantitative estimate of drug-likeness (QED) is 0.666. The van der Waals surface area contributed by atoms with Crippen LogP contribution in [0.1, 0.15) is 17.7 Å². The lowest BCUT2D eigenvalue weighted by Gasteiger charge is -1.93. The lowest BCUT2D eigenvalue weighted by atomic mass is 10.1. The predicted molar refractivity (Wildman–Crippen MR) is 49.9 cm³/mol. The fourth-order valence-electron chi connectivity index (χ4n) is 2.09. The van der Waals surface area contributed by atoms with E-state index in [-0.39, 0.29) is 0 Å². The molecule has 0 bridgehead atoms. The topological polar surface area (TPSA) is 33.4 Å². The number of benzene rings is 1. The molecule has 2 nitrogen and oxygen atoms in total. The van der Waals surface area contributed by atoms with Crippen LogP contribution in [-0.2, 0) is 12.8 Å². The van der Waals surface area contributed by atoms with Gasteiger partial charge in [0.2, 0.25) is 0 Å². The maximum Gasteiger partial charge on any atom is 0.134 e. The van der Waals surface area contributed by atoms with Crippen LogP contribution >= 0.6 is 0 Å². The second kappa shape index (κ2) is 2.28. The molecule has 1 heterocycles. The molecule has 2 heteroatoms. The Bertz CT molecular complexity index is 468.